The Kier molecular flexibility index (Phi) is 9.84. The van der Waals surface area contributed by atoms with Crippen LogP contribution >= 0.6 is 0 Å². The molecule has 3 heteroatoms. The molecule has 0 saturated carbocycles. The van der Waals surface area contributed by atoms with E-state index in [9.17, 15) is 8.78 Å². The zero-order valence-electron chi connectivity index (χ0n) is 13.3. The van der Waals surface area contributed by atoms with E-state index in [-0.39, 0.29) is 0 Å². The van der Waals surface area contributed by atoms with Crippen LogP contribution in [0.15, 0.2) is 18.2 Å². The Hall–Kier alpha value is -1.12. The van der Waals surface area contributed by atoms with E-state index in [0.717, 1.165) is 19.0 Å². The van der Waals surface area contributed by atoms with Crippen LogP contribution in [0.5, 0.6) is 0 Å². The summed E-state index contributed by atoms with van der Waals surface area (Å²) in [6.45, 7) is 3.07. The second-order valence-corrected chi connectivity index (χ2v) is 5.74. The zero-order chi connectivity index (χ0) is 15.3. The van der Waals surface area contributed by atoms with Crippen molar-refractivity contribution in [2.45, 2.75) is 71.1 Å². The van der Waals surface area contributed by atoms with Gasteiger partial charge in [0.1, 0.15) is 0 Å². The smallest absolute Gasteiger partial charge is 0.160 e. The third kappa shape index (κ3) is 8.69. The molecule has 120 valence electrons. The van der Waals surface area contributed by atoms with Gasteiger partial charge in [0.25, 0.3) is 0 Å². The van der Waals surface area contributed by atoms with E-state index >= 15 is 0 Å². The first-order valence-corrected chi connectivity index (χ1v) is 8.43. The topological polar surface area (TPSA) is 12.0 Å². The van der Waals surface area contributed by atoms with Gasteiger partial charge in [-0.2, -0.15) is 0 Å². The molecule has 1 rings (SSSR count). The molecule has 0 bridgehead atoms. The zero-order valence-corrected chi connectivity index (χ0v) is 13.3. The summed E-state index contributed by atoms with van der Waals surface area (Å²) in [5.41, 5.74) is 0.657. The lowest BCUT2D eigenvalue weighted by atomic mass is 10.1. The predicted octanol–water partition coefficient (Wildman–Crippen LogP) is 6.30. The van der Waals surface area contributed by atoms with Crippen LogP contribution in [-0.4, -0.2) is 6.54 Å². The predicted molar refractivity (Wildman–Crippen MR) is 86.7 cm³/mol. The van der Waals surface area contributed by atoms with Gasteiger partial charge in [0.05, 0.1) is 0 Å². The molecule has 1 aromatic carbocycles. The average molecular weight is 297 g/mol. The Balaban J connectivity index is 1.91. The minimum Gasteiger partial charge on any atom is -0.385 e. The van der Waals surface area contributed by atoms with Crippen molar-refractivity contribution in [1.29, 1.82) is 0 Å². The Morgan fingerprint density at radius 1 is 0.762 bits per heavy atom. The number of hydrogen-bond donors (Lipinski definition) is 1. The van der Waals surface area contributed by atoms with E-state index in [1.807, 2.05) is 0 Å². The number of unbranched alkanes of at least 4 members (excludes halogenated alkanes) is 9. The maximum absolute atomic E-state index is 13.0. The monoisotopic (exact) mass is 297 g/mol. The molecular formula is C18H29F2N. The molecule has 0 unspecified atom stereocenters. The first kappa shape index (κ1) is 17.9. The second kappa shape index (κ2) is 11.5. The summed E-state index contributed by atoms with van der Waals surface area (Å²) in [5.74, 6) is -1.58. The summed E-state index contributed by atoms with van der Waals surface area (Å²) in [6, 6.07) is 3.95. The molecule has 0 radical (unpaired) electrons. The average Bonchev–Trinajstić information content (AvgIpc) is 2.48. The van der Waals surface area contributed by atoms with Crippen LogP contribution < -0.4 is 5.32 Å². The third-order valence-corrected chi connectivity index (χ3v) is 3.78. The van der Waals surface area contributed by atoms with Crippen LogP contribution in [0, 0.1) is 11.6 Å². The van der Waals surface area contributed by atoms with Gasteiger partial charge in [0.15, 0.2) is 11.6 Å². The number of anilines is 1. The van der Waals surface area contributed by atoms with E-state index in [4.69, 9.17) is 0 Å². The number of nitrogens with one attached hydrogen (secondary N) is 1. The molecule has 0 aliphatic heterocycles. The molecule has 0 saturated heterocycles. The number of halogens is 2. The van der Waals surface area contributed by atoms with Crippen molar-refractivity contribution < 1.29 is 8.78 Å². The van der Waals surface area contributed by atoms with E-state index in [1.54, 1.807) is 6.07 Å². The number of benzene rings is 1. The Morgan fingerprint density at radius 3 is 1.90 bits per heavy atom. The van der Waals surface area contributed by atoms with Crippen LogP contribution in [0.25, 0.3) is 0 Å². The molecule has 21 heavy (non-hydrogen) atoms. The minimum atomic E-state index is -0.792. The summed E-state index contributed by atoms with van der Waals surface area (Å²) in [7, 11) is 0. The van der Waals surface area contributed by atoms with Crippen LogP contribution in [-0.2, 0) is 0 Å². The highest BCUT2D eigenvalue weighted by Crippen LogP contribution is 2.14. The van der Waals surface area contributed by atoms with Crippen molar-refractivity contribution in [2.24, 2.45) is 0 Å². The quantitative estimate of drug-likeness (QED) is 0.446. The van der Waals surface area contributed by atoms with Crippen molar-refractivity contribution in [2.75, 3.05) is 11.9 Å². The second-order valence-electron chi connectivity index (χ2n) is 5.74. The molecule has 1 N–H and O–H groups in total. The lowest BCUT2D eigenvalue weighted by molar-refractivity contribution is 0.509. The van der Waals surface area contributed by atoms with Crippen LogP contribution in [0.1, 0.15) is 71.1 Å². The highest BCUT2D eigenvalue weighted by molar-refractivity contribution is 5.43. The SMILES string of the molecule is CCCCCCCCCCCCNc1ccc(F)c(F)c1. The normalized spacial score (nSPS) is 10.8. The summed E-state index contributed by atoms with van der Waals surface area (Å²) < 4.78 is 25.7. The molecule has 0 amide bonds. The van der Waals surface area contributed by atoms with Crippen molar-refractivity contribution in [1.82, 2.24) is 0 Å². The van der Waals surface area contributed by atoms with Gasteiger partial charge in [-0.15, -0.1) is 0 Å². The number of rotatable bonds is 12. The van der Waals surface area contributed by atoms with Gasteiger partial charge in [-0.1, -0.05) is 64.7 Å². The molecule has 0 heterocycles. The third-order valence-electron chi connectivity index (χ3n) is 3.78. The van der Waals surface area contributed by atoms with Crippen molar-refractivity contribution >= 4 is 5.69 Å². The standard InChI is InChI=1S/C18H29F2N/c1-2-3-4-5-6-7-8-9-10-11-14-21-16-12-13-17(19)18(20)15-16/h12-13,15,21H,2-11,14H2,1H3. The van der Waals surface area contributed by atoms with E-state index in [1.165, 1.54) is 63.9 Å². The first-order valence-electron chi connectivity index (χ1n) is 8.43. The Labute approximate surface area is 128 Å². The molecule has 0 spiro atoms. The van der Waals surface area contributed by atoms with Gasteiger partial charge in [-0.05, 0) is 24.6 Å². The maximum Gasteiger partial charge on any atom is 0.160 e. The maximum atomic E-state index is 13.0. The highest BCUT2D eigenvalue weighted by atomic mass is 19.2. The largest absolute Gasteiger partial charge is 0.385 e. The molecule has 0 aromatic heterocycles. The lowest BCUT2D eigenvalue weighted by Crippen LogP contribution is -2.02. The molecular weight excluding hydrogens is 268 g/mol. The molecule has 1 nitrogen and oxygen atoms in total. The summed E-state index contributed by atoms with van der Waals surface area (Å²) in [4.78, 5) is 0. The van der Waals surface area contributed by atoms with Crippen molar-refractivity contribution in [3.8, 4) is 0 Å². The van der Waals surface area contributed by atoms with Gasteiger partial charge >= 0.3 is 0 Å². The van der Waals surface area contributed by atoms with Crippen LogP contribution in [0.4, 0.5) is 14.5 Å². The summed E-state index contributed by atoms with van der Waals surface area (Å²) >= 11 is 0. The van der Waals surface area contributed by atoms with E-state index in [0.29, 0.717) is 5.69 Å². The minimum absolute atomic E-state index is 0.657. The van der Waals surface area contributed by atoms with E-state index < -0.39 is 11.6 Å². The fraction of sp³-hybridized carbons (Fsp3) is 0.667. The van der Waals surface area contributed by atoms with Crippen molar-refractivity contribution in [3.05, 3.63) is 29.8 Å². The summed E-state index contributed by atoms with van der Waals surface area (Å²) in [6.07, 6.45) is 13.0. The van der Waals surface area contributed by atoms with Gasteiger partial charge in [-0.25, -0.2) is 8.78 Å². The molecule has 0 aliphatic rings. The fourth-order valence-electron chi connectivity index (χ4n) is 2.45. The molecule has 0 aliphatic carbocycles. The molecule has 0 atom stereocenters. The highest BCUT2D eigenvalue weighted by Gasteiger charge is 2.01. The lowest BCUT2D eigenvalue weighted by Gasteiger charge is -2.06. The van der Waals surface area contributed by atoms with Gasteiger partial charge < -0.3 is 5.32 Å². The van der Waals surface area contributed by atoms with Crippen molar-refractivity contribution in [3.63, 3.8) is 0 Å². The van der Waals surface area contributed by atoms with Gasteiger partial charge in [0, 0.05) is 12.2 Å². The molecule has 1 aromatic rings. The van der Waals surface area contributed by atoms with E-state index in [2.05, 4.69) is 12.2 Å². The van der Waals surface area contributed by atoms with Crippen LogP contribution in [0.2, 0.25) is 0 Å². The van der Waals surface area contributed by atoms with Gasteiger partial charge in [0.2, 0.25) is 0 Å². The Bertz CT molecular complexity index is 379. The molecule has 0 fully saturated rings. The van der Waals surface area contributed by atoms with Crippen LogP contribution in [0.3, 0.4) is 0 Å². The fourth-order valence-corrected chi connectivity index (χ4v) is 2.45. The summed E-state index contributed by atoms with van der Waals surface area (Å²) in [5, 5.41) is 3.13. The number of hydrogen-bond acceptors (Lipinski definition) is 1. The Morgan fingerprint density at radius 2 is 1.33 bits per heavy atom. The first-order chi connectivity index (χ1) is 10.2. The van der Waals surface area contributed by atoms with Gasteiger partial charge in [-0.3, -0.25) is 0 Å².